The van der Waals surface area contributed by atoms with E-state index in [-0.39, 0.29) is 18.6 Å². The van der Waals surface area contributed by atoms with Crippen LogP contribution in [0, 0.1) is 10.8 Å². The fraction of sp³-hybridized carbons (Fsp3) is 0.464. The summed E-state index contributed by atoms with van der Waals surface area (Å²) in [6.07, 6.45) is 3.45. The number of nitrogens with zero attached hydrogens (tertiary/aromatic N) is 3. The van der Waals surface area contributed by atoms with E-state index >= 15 is 0 Å². The van der Waals surface area contributed by atoms with Gasteiger partial charge in [0.1, 0.15) is 12.3 Å². The van der Waals surface area contributed by atoms with Gasteiger partial charge in [-0.15, -0.1) is 0 Å². The molecule has 2 aromatic heterocycles. The summed E-state index contributed by atoms with van der Waals surface area (Å²) in [6, 6.07) is 11.8. The number of benzene rings is 1. The van der Waals surface area contributed by atoms with Crippen molar-refractivity contribution in [1.82, 2.24) is 14.5 Å². The average molecular weight is 510 g/mol. The highest BCUT2D eigenvalue weighted by molar-refractivity contribution is 6.30. The van der Waals surface area contributed by atoms with Gasteiger partial charge in [-0.1, -0.05) is 37.6 Å². The average Bonchev–Trinajstić information content (AvgIpc) is 3.30. The van der Waals surface area contributed by atoms with Gasteiger partial charge >= 0.3 is 5.97 Å². The molecule has 0 bridgehead atoms. The van der Waals surface area contributed by atoms with Crippen LogP contribution in [-0.4, -0.2) is 50.7 Å². The van der Waals surface area contributed by atoms with Gasteiger partial charge < -0.3 is 19.3 Å². The minimum Gasteiger partial charge on any atom is -0.481 e. The second-order valence-corrected chi connectivity index (χ2v) is 11.2. The van der Waals surface area contributed by atoms with Crippen LogP contribution in [0.15, 0.2) is 42.6 Å². The highest BCUT2D eigenvalue weighted by atomic mass is 35.5. The van der Waals surface area contributed by atoms with Gasteiger partial charge in [-0.3, -0.25) is 9.59 Å². The Morgan fingerprint density at radius 2 is 1.94 bits per heavy atom. The zero-order valence-electron chi connectivity index (χ0n) is 21.0. The van der Waals surface area contributed by atoms with Crippen LogP contribution in [0.2, 0.25) is 5.02 Å². The van der Waals surface area contributed by atoms with Gasteiger partial charge in [0.05, 0.1) is 18.1 Å². The van der Waals surface area contributed by atoms with Gasteiger partial charge in [-0.2, -0.15) is 0 Å². The first-order chi connectivity index (χ1) is 17.1. The lowest BCUT2D eigenvalue weighted by Crippen LogP contribution is -2.45. The Bertz CT molecular complexity index is 1320. The Hall–Kier alpha value is -2.90. The molecule has 0 saturated heterocycles. The van der Waals surface area contributed by atoms with Crippen molar-refractivity contribution in [3.63, 3.8) is 0 Å². The summed E-state index contributed by atoms with van der Waals surface area (Å²) >= 11 is 6.08. The second kappa shape index (κ2) is 9.20. The molecule has 1 amide bonds. The molecule has 1 N–H and O–H groups in total. The van der Waals surface area contributed by atoms with Crippen LogP contribution < -0.4 is 0 Å². The van der Waals surface area contributed by atoms with Crippen LogP contribution in [0.5, 0.6) is 0 Å². The van der Waals surface area contributed by atoms with E-state index < -0.39 is 16.8 Å². The van der Waals surface area contributed by atoms with Crippen LogP contribution in [0.25, 0.3) is 11.0 Å². The zero-order valence-corrected chi connectivity index (χ0v) is 21.7. The maximum absolute atomic E-state index is 13.2. The number of ether oxygens (including phenoxy) is 1. The van der Waals surface area contributed by atoms with Crippen molar-refractivity contribution < 1.29 is 19.4 Å². The van der Waals surface area contributed by atoms with E-state index in [1.165, 1.54) is 5.56 Å². The first-order valence-corrected chi connectivity index (χ1v) is 12.8. The van der Waals surface area contributed by atoms with E-state index in [2.05, 4.69) is 15.6 Å². The molecule has 0 unspecified atom stereocenters. The first kappa shape index (κ1) is 24.8. The number of carbonyl (C=O) groups is 2. The van der Waals surface area contributed by atoms with Crippen molar-refractivity contribution in [2.24, 2.45) is 10.8 Å². The van der Waals surface area contributed by atoms with Gasteiger partial charge in [-0.05, 0) is 61.6 Å². The normalized spacial score (nSPS) is 23.1. The van der Waals surface area contributed by atoms with Gasteiger partial charge in [0.2, 0.25) is 5.91 Å². The third-order valence-corrected chi connectivity index (χ3v) is 8.89. The molecule has 0 radical (unpaired) electrons. The molecule has 7 nitrogen and oxygen atoms in total. The topological polar surface area (TPSA) is 84.7 Å². The molecule has 2 atom stereocenters. The summed E-state index contributed by atoms with van der Waals surface area (Å²) in [7, 11) is 0. The Kier molecular flexibility index (Phi) is 6.33. The highest BCUT2D eigenvalue weighted by Gasteiger charge is 2.57. The Labute approximate surface area is 216 Å². The predicted octanol–water partition coefficient (Wildman–Crippen LogP) is 4.92. The lowest BCUT2D eigenvalue weighted by molar-refractivity contribution is -0.158. The van der Waals surface area contributed by atoms with E-state index in [4.69, 9.17) is 16.3 Å². The van der Waals surface area contributed by atoms with E-state index in [1.807, 2.05) is 49.1 Å². The SMILES string of the molecule is CC1(C)[C@H](OCC(=O)N2CCc3c(n(Cc4ccc(Cl)cc4)c4ncccc34)C2)CC[C@@]1(C)C(=O)O. The smallest absolute Gasteiger partial charge is 0.309 e. The molecular weight excluding hydrogens is 478 g/mol. The number of carboxylic acid groups (broad SMARTS) is 1. The van der Waals surface area contributed by atoms with Gasteiger partial charge in [-0.25, -0.2) is 4.98 Å². The van der Waals surface area contributed by atoms with Crippen molar-refractivity contribution in [2.75, 3.05) is 13.2 Å². The number of hydrogen-bond acceptors (Lipinski definition) is 4. The molecule has 1 fully saturated rings. The van der Waals surface area contributed by atoms with E-state index in [0.717, 1.165) is 28.7 Å². The summed E-state index contributed by atoms with van der Waals surface area (Å²) in [5.74, 6) is -0.882. The van der Waals surface area contributed by atoms with Crippen LogP contribution in [0.1, 0.15) is 50.4 Å². The third kappa shape index (κ3) is 4.08. The standard InChI is InChI=1S/C28H32ClN3O4/c1-27(2)23(10-12-28(27,3)26(34)35)36-17-24(33)31-14-11-20-21-5-4-13-30-25(21)32(22(20)16-31)15-18-6-8-19(29)9-7-18/h4-9,13,23H,10-12,14-17H2,1-3H3,(H,34,35)/t23-,28+/m1/s1. The van der Waals surface area contributed by atoms with Crippen LogP contribution in [-0.2, 0) is 33.8 Å². The second-order valence-electron chi connectivity index (χ2n) is 10.8. The van der Waals surface area contributed by atoms with E-state index in [0.29, 0.717) is 37.5 Å². The Balaban J connectivity index is 1.34. The first-order valence-electron chi connectivity index (χ1n) is 12.4. The van der Waals surface area contributed by atoms with Crippen LogP contribution in [0.3, 0.4) is 0 Å². The van der Waals surface area contributed by atoms with Crippen molar-refractivity contribution in [2.45, 2.75) is 59.2 Å². The third-order valence-electron chi connectivity index (χ3n) is 8.63. The highest BCUT2D eigenvalue weighted by Crippen LogP contribution is 2.53. The molecule has 36 heavy (non-hydrogen) atoms. The fourth-order valence-electron chi connectivity index (χ4n) is 5.81. The maximum atomic E-state index is 13.2. The van der Waals surface area contributed by atoms with Crippen molar-refractivity contribution in [3.8, 4) is 0 Å². The largest absolute Gasteiger partial charge is 0.481 e. The molecule has 1 aliphatic carbocycles. The summed E-state index contributed by atoms with van der Waals surface area (Å²) < 4.78 is 8.28. The number of halogens is 1. The van der Waals surface area contributed by atoms with Crippen molar-refractivity contribution in [3.05, 3.63) is 64.4 Å². The monoisotopic (exact) mass is 509 g/mol. The lowest BCUT2D eigenvalue weighted by atomic mass is 9.68. The minimum atomic E-state index is -0.865. The molecule has 3 aromatic rings. The molecule has 190 valence electrons. The quantitative estimate of drug-likeness (QED) is 0.510. The maximum Gasteiger partial charge on any atom is 0.309 e. The van der Waals surface area contributed by atoms with Gasteiger partial charge in [0, 0.05) is 40.8 Å². The van der Waals surface area contributed by atoms with Crippen molar-refractivity contribution in [1.29, 1.82) is 0 Å². The number of aromatic nitrogens is 2. The number of pyridine rings is 1. The summed E-state index contributed by atoms with van der Waals surface area (Å²) in [4.78, 5) is 31.6. The lowest BCUT2D eigenvalue weighted by Gasteiger charge is -2.38. The van der Waals surface area contributed by atoms with Gasteiger partial charge in [0.25, 0.3) is 0 Å². The summed E-state index contributed by atoms with van der Waals surface area (Å²) in [5, 5.41) is 11.6. The molecule has 1 aromatic carbocycles. The molecule has 2 aliphatic rings. The number of rotatable bonds is 6. The number of aliphatic carboxylic acids is 1. The zero-order chi connectivity index (χ0) is 25.7. The number of carboxylic acids is 1. The Morgan fingerprint density at radius 1 is 1.19 bits per heavy atom. The van der Waals surface area contributed by atoms with Gasteiger partial charge in [0.15, 0.2) is 0 Å². The number of carbonyl (C=O) groups excluding carboxylic acids is 1. The van der Waals surface area contributed by atoms with Crippen molar-refractivity contribution >= 4 is 34.5 Å². The molecule has 3 heterocycles. The molecule has 0 spiro atoms. The molecule has 1 saturated carbocycles. The summed E-state index contributed by atoms with van der Waals surface area (Å²) in [5.41, 5.74) is 2.94. The molecular formula is C28H32ClN3O4. The fourth-order valence-corrected chi connectivity index (χ4v) is 5.94. The van der Waals surface area contributed by atoms with Crippen LogP contribution >= 0.6 is 11.6 Å². The summed E-state index contributed by atoms with van der Waals surface area (Å²) in [6.45, 7) is 7.34. The minimum absolute atomic E-state index is 0.0468. The molecule has 8 heteroatoms. The number of amides is 1. The van der Waals surface area contributed by atoms with E-state index in [9.17, 15) is 14.7 Å². The number of hydrogen-bond donors (Lipinski definition) is 1. The molecule has 5 rings (SSSR count). The van der Waals surface area contributed by atoms with Crippen LogP contribution in [0.4, 0.5) is 0 Å². The number of fused-ring (bicyclic) bond motifs is 3. The predicted molar refractivity (Wildman–Crippen MR) is 138 cm³/mol. The van der Waals surface area contributed by atoms with E-state index in [1.54, 1.807) is 13.1 Å². The molecule has 1 aliphatic heterocycles. The Morgan fingerprint density at radius 3 is 2.64 bits per heavy atom.